The van der Waals surface area contributed by atoms with Crippen LogP contribution in [0.3, 0.4) is 0 Å². The van der Waals surface area contributed by atoms with Crippen LogP contribution in [0.4, 0.5) is 17.5 Å². The predicted molar refractivity (Wildman–Crippen MR) is 316 cm³/mol. The van der Waals surface area contributed by atoms with Crippen molar-refractivity contribution in [1.82, 2.24) is 38.5 Å². The molecule has 3 aromatic heterocycles. The second kappa shape index (κ2) is 24.8. The van der Waals surface area contributed by atoms with E-state index in [0.717, 1.165) is 42.5 Å². The molecule has 2 aromatic carbocycles. The lowest BCUT2D eigenvalue weighted by Gasteiger charge is -2.54. The number of nitrogens with one attached hydrogen (secondary N) is 1. The fourth-order valence-electron chi connectivity index (χ4n) is 12.6. The average molecular weight is 1180 g/mol. The van der Waals surface area contributed by atoms with Crippen LogP contribution in [0.25, 0.3) is 11.0 Å². The number of hydrogen-bond acceptors (Lipinski definition) is 13. The van der Waals surface area contributed by atoms with Crippen LogP contribution in [0, 0.1) is 17.8 Å². The van der Waals surface area contributed by atoms with Crippen LogP contribution in [0.15, 0.2) is 77.9 Å². The third kappa shape index (κ3) is 13.1. The molecule has 3 saturated heterocycles. The summed E-state index contributed by atoms with van der Waals surface area (Å²) in [4.78, 5) is 102. The van der Waals surface area contributed by atoms with Gasteiger partial charge in [0.15, 0.2) is 5.78 Å². The highest BCUT2D eigenvalue weighted by Crippen LogP contribution is 2.53. The number of pyridine rings is 2. The van der Waals surface area contributed by atoms with E-state index in [2.05, 4.69) is 20.2 Å². The highest BCUT2D eigenvalue weighted by Gasteiger charge is 2.55. The third-order valence-corrected chi connectivity index (χ3v) is 19.5. The number of benzene rings is 2. The number of fused-ring (bicyclic) bond motifs is 1. The number of Topliss-reactive ketones (excluding diaryl/α,β-unsaturated/α-hetero) is 1. The summed E-state index contributed by atoms with van der Waals surface area (Å²) in [6.45, 7) is 13.3. The number of sulfonamides is 1. The molecule has 438 valence electrons. The molecule has 22 heteroatoms. The number of carboxylic acids is 1. The molecular weight excluding hydrogens is 1110 g/mol. The number of likely N-dealkylation sites (tertiary alicyclic amines) is 1. The molecule has 82 heavy (non-hydrogen) atoms. The standard InChI is InChI=1S/C60H74Cl2N10O9S/c1-38-47-36-64-58(66-55(47)71(44-14-7-8-15-44)56(78)53(38)39(2)73)65-49-23-22-45(35-63-49)67-24-26-68(27-25-67)50(74)16-9-10-17-51(75)69-28-30-70(31-29-69)82(80,81)37-48(59(3,4)5)72-54(40-18-20-42(61)21-19-40)46(41-12-11-13-43(62)32-41)33-60(6,57(72)79)34-52(76)77/h11-13,18-23,32,35-36,44,46,48,54H,7-10,14-17,24-31,33-34,37H2,1-6H3,(H,76,77)(H,63,64,65,66)/t46-,48?,54-,60-/m1/s1. The first-order valence-corrected chi connectivity index (χ1v) is 30.8. The Hall–Kier alpha value is -6.48. The molecule has 5 aromatic rings. The monoisotopic (exact) mass is 1180 g/mol. The van der Waals surface area contributed by atoms with Gasteiger partial charge < -0.3 is 30.0 Å². The molecule has 9 rings (SSSR count). The molecule has 4 fully saturated rings. The highest BCUT2D eigenvalue weighted by molar-refractivity contribution is 7.89. The fourth-order valence-corrected chi connectivity index (χ4v) is 15.0. The Morgan fingerprint density at radius 3 is 2.02 bits per heavy atom. The van der Waals surface area contributed by atoms with Gasteiger partial charge in [-0.25, -0.2) is 18.4 Å². The molecule has 19 nitrogen and oxygen atoms in total. The number of carbonyl (C=O) groups is 5. The summed E-state index contributed by atoms with van der Waals surface area (Å²) in [6.07, 6.45) is 8.39. The Balaban J connectivity index is 0.759. The zero-order valence-electron chi connectivity index (χ0n) is 47.6. The first-order valence-electron chi connectivity index (χ1n) is 28.4. The van der Waals surface area contributed by atoms with Crippen LogP contribution in [-0.4, -0.2) is 146 Å². The van der Waals surface area contributed by atoms with Crippen molar-refractivity contribution in [1.29, 1.82) is 0 Å². The number of aliphatic carboxylic acids is 1. The lowest BCUT2D eigenvalue weighted by Crippen LogP contribution is -2.61. The largest absolute Gasteiger partial charge is 0.481 e. The predicted octanol–water partition coefficient (Wildman–Crippen LogP) is 9.20. The maximum Gasteiger partial charge on any atom is 0.304 e. The SMILES string of the molecule is CC(=O)c1c(C)c2cnc(Nc3ccc(N4CCN(C(=O)CCCCC(=O)N5CCN(S(=O)(=O)CC(N6C(=O)[C@@](C)(CC(=O)O)C[C@H](c7cccc(Cl)c7)[C@H]6c6ccc(Cl)cc6)C(C)(C)C)CC5)CC4)cn3)nc2n(C2CCCC2)c1=O. The molecule has 3 aliphatic heterocycles. The van der Waals surface area contributed by atoms with Crippen LogP contribution < -0.4 is 15.8 Å². The van der Waals surface area contributed by atoms with Crippen LogP contribution >= 0.6 is 23.2 Å². The van der Waals surface area contributed by atoms with E-state index in [1.807, 2.05) is 68.1 Å². The zero-order valence-corrected chi connectivity index (χ0v) is 49.9. The number of amides is 3. The molecule has 4 aliphatic rings. The fraction of sp³-hybridized carbons (Fsp3) is 0.517. The van der Waals surface area contributed by atoms with Gasteiger partial charge in [-0.3, -0.25) is 33.3 Å². The minimum absolute atomic E-state index is 0.0239. The van der Waals surface area contributed by atoms with Crippen LogP contribution in [0.5, 0.6) is 0 Å². The van der Waals surface area contributed by atoms with Gasteiger partial charge in [0.25, 0.3) is 5.56 Å². The van der Waals surface area contributed by atoms with Crippen LogP contribution in [0.1, 0.15) is 144 Å². The molecule has 3 amide bonds. The number of hydrogen-bond donors (Lipinski definition) is 2. The Bertz CT molecular complexity index is 3390. The summed E-state index contributed by atoms with van der Waals surface area (Å²) in [5.74, 6) is -2.02. The Morgan fingerprint density at radius 2 is 1.45 bits per heavy atom. The average Bonchev–Trinajstić information content (AvgIpc) is 1.74. The van der Waals surface area contributed by atoms with Crippen molar-refractivity contribution in [3.63, 3.8) is 0 Å². The molecular formula is C60H74Cl2N10O9S. The van der Waals surface area contributed by atoms with E-state index in [-0.39, 0.29) is 79.7 Å². The number of piperidine rings is 1. The number of carbonyl (C=O) groups excluding carboxylic acids is 4. The van der Waals surface area contributed by atoms with Gasteiger partial charge in [0.2, 0.25) is 33.7 Å². The molecule has 0 bridgehead atoms. The van der Waals surface area contributed by atoms with Crippen molar-refractivity contribution in [2.75, 3.05) is 68.3 Å². The number of nitrogens with zero attached hydrogens (tertiary/aromatic N) is 9. The highest BCUT2D eigenvalue weighted by atomic mass is 35.5. The molecule has 4 atom stereocenters. The molecule has 1 aliphatic carbocycles. The van der Waals surface area contributed by atoms with Crippen molar-refractivity contribution in [3.05, 3.63) is 116 Å². The summed E-state index contributed by atoms with van der Waals surface area (Å²) in [7, 11) is -4.06. The normalized spacial score (nSPS) is 20.8. The Kier molecular flexibility index (Phi) is 18.2. The van der Waals surface area contributed by atoms with Crippen molar-refractivity contribution in [2.45, 2.75) is 130 Å². The first-order chi connectivity index (χ1) is 38.9. The summed E-state index contributed by atoms with van der Waals surface area (Å²) in [5, 5.41) is 15.0. The van der Waals surface area contributed by atoms with Gasteiger partial charge in [-0.2, -0.15) is 9.29 Å². The van der Waals surface area contributed by atoms with E-state index in [4.69, 9.17) is 28.2 Å². The molecule has 1 unspecified atom stereocenters. The smallest absolute Gasteiger partial charge is 0.304 e. The number of anilines is 3. The third-order valence-electron chi connectivity index (χ3n) is 17.1. The van der Waals surface area contributed by atoms with Crippen LogP contribution in [0.2, 0.25) is 10.0 Å². The van der Waals surface area contributed by atoms with Gasteiger partial charge >= 0.3 is 5.97 Å². The van der Waals surface area contributed by atoms with Gasteiger partial charge in [-0.05, 0) is 104 Å². The number of ketones is 1. The maximum absolute atomic E-state index is 15.1. The van der Waals surface area contributed by atoms with E-state index in [0.29, 0.717) is 77.9 Å². The summed E-state index contributed by atoms with van der Waals surface area (Å²) >= 11 is 12.9. The Morgan fingerprint density at radius 1 is 0.817 bits per heavy atom. The number of halogens is 2. The second-order valence-corrected chi connectivity index (χ2v) is 26.7. The van der Waals surface area contributed by atoms with Crippen molar-refractivity contribution >= 4 is 91.2 Å². The summed E-state index contributed by atoms with van der Waals surface area (Å²) in [5.41, 5.74) is 1.17. The van der Waals surface area contributed by atoms with Gasteiger partial charge in [0.1, 0.15) is 11.5 Å². The number of unbranched alkanes of at least 4 members (excludes halogenated alkanes) is 1. The first kappa shape index (κ1) is 60.1. The van der Waals surface area contributed by atoms with E-state index >= 15 is 4.79 Å². The lowest BCUT2D eigenvalue weighted by atomic mass is 9.66. The van der Waals surface area contributed by atoms with Crippen molar-refractivity contribution in [3.8, 4) is 0 Å². The van der Waals surface area contributed by atoms with E-state index in [1.165, 1.54) is 11.2 Å². The molecule has 2 N–H and O–H groups in total. The molecule has 0 radical (unpaired) electrons. The van der Waals surface area contributed by atoms with Crippen LogP contribution in [-0.2, 0) is 29.2 Å². The van der Waals surface area contributed by atoms with Gasteiger partial charge in [0.05, 0.1) is 47.1 Å². The van der Waals surface area contributed by atoms with E-state index in [1.54, 1.807) is 58.8 Å². The number of piperazine rings is 2. The van der Waals surface area contributed by atoms with Gasteiger partial charge in [-0.15, -0.1) is 0 Å². The molecule has 0 spiro atoms. The van der Waals surface area contributed by atoms with E-state index < -0.39 is 62.9 Å². The lowest BCUT2D eigenvalue weighted by molar-refractivity contribution is -0.162. The number of aromatic nitrogens is 4. The second-order valence-electron chi connectivity index (χ2n) is 23.8. The minimum Gasteiger partial charge on any atom is -0.481 e. The number of aryl methyl sites for hydroxylation is 1. The zero-order chi connectivity index (χ0) is 58.8. The summed E-state index contributed by atoms with van der Waals surface area (Å²) < 4.78 is 32.4. The number of rotatable bonds is 18. The van der Waals surface area contributed by atoms with Crippen molar-refractivity contribution < 1.29 is 37.5 Å². The number of carboxylic acid groups (broad SMARTS) is 1. The molecule has 1 saturated carbocycles. The van der Waals surface area contributed by atoms with Gasteiger partial charge in [-0.1, -0.05) is 88.0 Å². The molecule has 6 heterocycles. The minimum atomic E-state index is -4.06. The summed E-state index contributed by atoms with van der Waals surface area (Å²) in [6, 6.07) is 16.5. The van der Waals surface area contributed by atoms with Crippen molar-refractivity contribution in [2.24, 2.45) is 10.8 Å². The quantitative estimate of drug-likeness (QED) is 0.0616. The van der Waals surface area contributed by atoms with E-state index in [9.17, 15) is 37.5 Å². The topological polar surface area (TPSA) is 229 Å². The van der Waals surface area contributed by atoms with Gasteiger partial charge in [0, 0.05) is 98.8 Å². The maximum atomic E-state index is 15.1. The Labute approximate surface area is 489 Å².